The molecule has 144 valence electrons. The fourth-order valence-electron chi connectivity index (χ4n) is 3.31. The van der Waals surface area contributed by atoms with Crippen LogP contribution in [0.1, 0.15) is 31.9 Å². The van der Waals surface area contributed by atoms with Gasteiger partial charge in [-0.25, -0.2) is 5.01 Å². The van der Waals surface area contributed by atoms with Crippen molar-refractivity contribution in [2.75, 3.05) is 0 Å². The van der Waals surface area contributed by atoms with Crippen molar-refractivity contribution < 1.29 is 18.0 Å². The van der Waals surface area contributed by atoms with Gasteiger partial charge in [0.25, 0.3) is 5.91 Å². The van der Waals surface area contributed by atoms with Crippen molar-refractivity contribution in [2.45, 2.75) is 39.4 Å². The van der Waals surface area contributed by atoms with Crippen molar-refractivity contribution in [3.05, 3.63) is 71.8 Å². The SMILES string of the molecule is C=C/C=C(\C=C/C)C(=O)N1N=C(c2ccccc2C)C(C(F)(F)F)C1(C)C. The molecule has 0 N–H and O–H groups in total. The van der Waals surface area contributed by atoms with Crippen molar-refractivity contribution in [3.8, 4) is 0 Å². The lowest BCUT2D eigenvalue weighted by Gasteiger charge is -2.35. The molecule has 0 radical (unpaired) electrons. The van der Waals surface area contributed by atoms with Crippen LogP contribution in [-0.2, 0) is 4.79 Å². The van der Waals surface area contributed by atoms with Crippen molar-refractivity contribution in [1.82, 2.24) is 5.01 Å². The van der Waals surface area contributed by atoms with Gasteiger partial charge in [0.15, 0.2) is 0 Å². The average Bonchev–Trinajstić information content (AvgIpc) is 2.85. The summed E-state index contributed by atoms with van der Waals surface area (Å²) in [5, 5.41) is 5.12. The summed E-state index contributed by atoms with van der Waals surface area (Å²) in [4.78, 5) is 13.0. The summed E-state index contributed by atoms with van der Waals surface area (Å²) in [5.74, 6) is -2.50. The molecule has 1 aromatic rings. The lowest BCUT2D eigenvalue weighted by molar-refractivity contribution is -0.179. The molecule has 2 rings (SSSR count). The number of allylic oxidation sites excluding steroid dienone is 3. The quantitative estimate of drug-likeness (QED) is 0.526. The van der Waals surface area contributed by atoms with E-state index >= 15 is 0 Å². The van der Waals surface area contributed by atoms with E-state index in [-0.39, 0.29) is 11.3 Å². The van der Waals surface area contributed by atoms with Gasteiger partial charge in [-0.05, 0) is 39.3 Å². The first-order valence-corrected chi connectivity index (χ1v) is 8.56. The van der Waals surface area contributed by atoms with Crippen LogP contribution in [0.4, 0.5) is 13.2 Å². The van der Waals surface area contributed by atoms with Crippen LogP contribution in [0.15, 0.2) is 65.8 Å². The lowest BCUT2D eigenvalue weighted by Crippen LogP contribution is -2.51. The third-order valence-corrected chi connectivity index (χ3v) is 4.56. The maximum Gasteiger partial charge on any atom is 0.399 e. The van der Waals surface area contributed by atoms with Gasteiger partial charge in [-0.15, -0.1) is 0 Å². The number of hydrogen-bond acceptors (Lipinski definition) is 2. The maximum absolute atomic E-state index is 14.0. The highest BCUT2D eigenvalue weighted by atomic mass is 19.4. The van der Waals surface area contributed by atoms with Gasteiger partial charge in [0, 0.05) is 11.1 Å². The number of rotatable bonds is 4. The molecule has 1 aliphatic heterocycles. The number of benzene rings is 1. The molecule has 1 aromatic carbocycles. The highest BCUT2D eigenvalue weighted by Crippen LogP contribution is 2.45. The minimum atomic E-state index is -4.55. The molecule has 0 fully saturated rings. The van der Waals surface area contributed by atoms with E-state index in [9.17, 15) is 18.0 Å². The molecule has 0 aromatic heterocycles. The smallest absolute Gasteiger partial charge is 0.267 e. The summed E-state index contributed by atoms with van der Waals surface area (Å²) in [5.41, 5.74) is -0.433. The third-order valence-electron chi connectivity index (χ3n) is 4.56. The van der Waals surface area contributed by atoms with Gasteiger partial charge in [-0.3, -0.25) is 4.79 Å². The van der Waals surface area contributed by atoms with Gasteiger partial charge in [-0.1, -0.05) is 49.1 Å². The standard InChI is InChI=1S/C21H23F3N2O/c1-6-10-15(11-7-2)19(27)26-20(4,5)18(21(22,23)24)17(25-26)16-13-9-8-12-14(16)3/h6-13,18H,1H2,2-5H3/b11-7-,15-10+. The first-order chi connectivity index (χ1) is 12.6. The zero-order valence-corrected chi connectivity index (χ0v) is 15.8. The second-order valence-corrected chi connectivity index (χ2v) is 6.90. The maximum atomic E-state index is 14.0. The molecule has 1 aliphatic rings. The summed E-state index contributed by atoms with van der Waals surface area (Å²) >= 11 is 0. The fourth-order valence-corrected chi connectivity index (χ4v) is 3.31. The Morgan fingerprint density at radius 3 is 2.44 bits per heavy atom. The first kappa shape index (κ1) is 20.7. The number of amides is 1. The predicted molar refractivity (Wildman–Crippen MR) is 101 cm³/mol. The minimum Gasteiger partial charge on any atom is -0.267 e. The second kappa shape index (κ2) is 7.55. The minimum absolute atomic E-state index is 0.141. The fraction of sp³-hybridized carbons (Fsp3) is 0.333. The van der Waals surface area contributed by atoms with E-state index in [4.69, 9.17) is 0 Å². The number of hydrogen-bond donors (Lipinski definition) is 0. The monoisotopic (exact) mass is 376 g/mol. The first-order valence-electron chi connectivity index (χ1n) is 8.56. The van der Waals surface area contributed by atoms with Crippen LogP contribution in [0.25, 0.3) is 0 Å². The Hall–Kier alpha value is -2.63. The predicted octanol–water partition coefficient (Wildman–Crippen LogP) is 5.19. The van der Waals surface area contributed by atoms with Gasteiger partial charge in [-0.2, -0.15) is 18.3 Å². The number of alkyl halides is 3. The van der Waals surface area contributed by atoms with Gasteiger partial charge in [0.05, 0.1) is 11.3 Å². The molecular formula is C21H23F3N2O. The molecule has 0 bridgehead atoms. The van der Waals surface area contributed by atoms with Crippen LogP contribution < -0.4 is 0 Å². The molecule has 0 saturated heterocycles. The number of hydrazone groups is 1. The molecule has 27 heavy (non-hydrogen) atoms. The van der Waals surface area contributed by atoms with E-state index in [1.807, 2.05) is 0 Å². The van der Waals surface area contributed by atoms with Crippen molar-refractivity contribution >= 4 is 11.6 Å². The van der Waals surface area contributed by atoms with Crippen LogP contribution in [0.2, 0.25) is 0 Å². The molecule has 1 amide bonds. The highest BCUT2D eigenvalue weighted by molar-refractivity contribution is 6.08. The van der Waals surface area contributed by atoms with Crippen LogP contribution in [0.3, 0.4) is 0 Å². The highest BCUT2D eigenvalue weighted by Gasteiger charge is 2.59. The topological polar surface area (TPSA) is 32.7 Å². The van der Waals surface area contributed by atoms with Gasteiger partial charge in [0.1, 0.15) is 5.92 Å². The molecule has 0 saturated carbocycles. The Kier molecular flexibility index (Phi) is 5.78. The van der Waals surface area contributed by atoms with Gasteiger partial charge < -0.3 is 0 Å². The van der Waals surface area contributed by atoms with Gasteiger partial charge in [0.2, 0.25) is 0 Å². The third kappa shape index (κ3) is 3.89. The Balaban J connectivity index is 2.66. The van der Waals surface area contributed by atoms with Crippen LogP contribution in [-0.4, -0.2) is 28.3 Å². The van der Waals surface area contributed by atoms with E-state index in [2.05, 4.69) is 11.7 Å². The van der Waals surface area contributed by atoms with Crippen LogP contribution in [0, 0.1) is 12.8 Å². The van der Waals surface area contributed by atoms with E-state index < -0.39 is 23.5 Å². The van der Waals surface area contributed by atoms with Crippen molar-refractivity contribution in [2.24, 2.45) is 11.0 Å². The van der Waals surface area contributed by atoms with Crippen LogP contribution in [0.5, 0.6) is 0 Å². The lowest BCUT2D eigenvalue weighted by atomic mass is 9.80. The summed E-state index contributed by atoms with van der Waals surface area (Å²) < 4.78 is 42.0. The van der Waals surface area contributed by atoms with Crippen molar-refractivity contribution in [3.63, 3.8) is 0 Å². The van der Waals surface area contributed by atoms with E-state index in [0.29, 0.717) is 11.1 Å². The summed E-state index contributed by atoms with van der Waals surface area (Å²) in [7, 11) is 0. The summed E-state index contributed by atoms with van der Waals surface area (Å²) in [6, 6.07) is 6.75. The molecular weight excluding hydrogens is 353 g/mol. The Bertz CT molecular complexity index is 832. The largest absolute Gasteiger partial charge is 0.399 e. The summed E-state index contributed by atoms with van der Waals surface area (Å²) in [6.45, 7) is 9.79. The molecule has 6 heteroatoms. The zero-order valence-electron chi connectivity index (χ0n) is 15.8. The average molecular weight is 376 g/mol. The number of aryl methyl sites for hydroxylation is 1. The molecule has 3 nitrogen and oxygen atoms in total. The van der Waals surface area contributed by atoms with Crippen LogP contribution >= 0.6 is 0 Å². The second-order valence-electron chi connectivity index (χ2n) is 6.90. The van der Waals surface area contributed by atoms with Gasteiger partial charge >= 0.3 is 6.18 Å². The van der Waals surface area contributed by atoms with E-state index in [0.717, 1.165) is 5.01 Å². The number of nitrogens with zero attached hydrogens (tertiary/aromatic N) is 2. The summed E-state index contributed by atoms with van der Waals surface area (Å²) in [6.07, 6.45) is 1.50. The van der Waals surface area contributed by atoms with E-state index in [1.165, 1.54) is 32.1 Å². The van der Waals surface area contributed by atoms with E-state index in [1.54, 1.807) is 44.2 Å². The Morgan fingerprint density at radius 1 is 1.30 bits per heavy atom. The zero-order chi connectivity index (χ0) is 20.4. The molecule has 1 unspecified atom stereocenters. The number of carbonyl (C=O) groups excluding carboxylic acids is 1. The Labute approximate surface area is 157 Å². The molecule has 0 spiro atoms. The molecule has 1 atom stereocenters. The van der Waals surface area contributed by atoms with Crippen molar-refractivity contribution in [1.29, 1.82) is 0 Å². The normalized spacial score (nSPS) is 20.1. The Morgan fingerprint density at radius 2 is 1.93 bits per heavy atom. The number of halogens is 3. The number of carbonyl (C=O) groups is 1. The molecule has 0 aliphatic carbocycles. The molecule has 1 heterocycles.